The molecule has 0 aliphatic heterocycles. The predicted molar refractivity (Wildman–Crippen MR) is 70.7 cm³/mol. The van der Waals surface area contributed by atoms with Crippen LogP contribution in [0.5, 0.6) is 0 Å². The second-order valence-electron chi connectivity index (χ2n) is 4.11. The molecular formula is C11H15ClF3N5. The van der Waals surface area contributed by atoms with E-state index in [1.807, 2.05) is 6.92 Å². The van der Waals surface area contributed by atoms with Gasteiger partial charge in [-0.2, -0.15) is 23.4 Å². The number of anilines is 1. The van der Waals surface area contributed by atoms with Crippen LogP contribution in [0.25, 0.3) is 0 Å². The minimum absolute atomic E-state index is 0. The summed E-state index contributed by atoms with van der Waals surface area (Å²) in [4.78, 5) is 0. The van der Waals surface area contributed by atoms with E-state index in [1.54, 1.807) is 17.1 Å². The minimum Gasteiger partial charge on any atom is -0.378 e. The highest BCUT2D eigenvalue weighted by Crippen LogP contribution is 2.30. The molecule has 20 heavy (non-hydrogen) atoms. The predicted octanol–water partition coefficient (Wildman–Crippen LogP) is 2.69. The Morgan fingerprint density at radius 2 is 2.00 bits per heavy atom. The number of halogens is 4. The topological polar surface area (TPSA) is 47.7 Å². The second-order valence-corrected chi connectivity index (χ2v) is 4.11. The molecule has 0 spiro atoms. The lowest BCUT2D eigenvalue weighted by Crippen LogP contribution is -2.11. The van der Waals surface area contributed by atoms with E-state index in [1.165, 1.54) is 13.2 Å². The van der Waals surface area contributed by atoms with Crippen LogP contribution in [0.4, 0.5) is 18.9 Å². The summed E-state index contributed by atoms with van der Waals surface area (Å²) in [6.45, 7) is 2.69. The third-order valence-corrected chi connectivity index (χ3v) is 2.61. The fraction of sp³-hybridized carbons (Fsp3) is 0.455. The Morgan fingerprint density at radius 3 is 2.55 bits per heavy atom. The number of aryl methyl sites for hydroxylation is 2. The van der Waals surface area contributed by atoms with Gasteiger partial charge in [-0.05, 0) is 6.92 Å². The monoisotopic (exact) mass is 309 g/mol. The van der Waals surface area contributed by atoms with Crippen LogP contribution in [-0.4, -0.2) is 19.6 Å². The summed E-state index contributed by atoms with van der Waals surface area (Å²) in [5, 5.41) is 10.4. The average molecular weight is 310 g/mol. The highest BCUT2D eigenvalue weighted by molar-refractivity contribution is 5.85. The molecule has 5 nitrogen and oxygen atoms in total. The number of nitrogens with zero attached hydrogens (tertiary/aromatic N) is 4. The van der Waals surface area contributed by atoms with Crippen molar-refractivity contribution in [2.24, 2.45) is 7.05 Å². The van der Waals surface area contributed by atoms with Crippen LogP contribution in [0.1, 0.15) is 18.2 Å². The molecule has 0 radical (unpaired) electrons. The Morgan fingerprint density at radius 1 is 1.30 bits per heavy atom. The first kappa shape index (κ1) is 16.4. The lowest BCUT2D eigenvalue weighted by molar-refractivity contribution is -0.142. The first-order valence-electron chi connectivity index (χ1n) is 5.76. The van der Waals surface area contributed by atoms with Crippen molar-refractivity contribution in [2.75, 3.05) is 5.32 Å². The molecule has 0 aliphatic rings. The zero-order chi connectivity index (χ0) is 14.0. The zero-order valence-electron chi connectivity index (χ0n) is 11.0. The van der Waals surface area contributed by atoms with Crippen molar-refractivity contribution >= 4 is 18.1 Å². The Bertz CT molecular complexity index is 561. The molecule has 2 aromatic heterocycles. The quantitative estimate of drug-likeness (QED) is 0.944. The van der Waals surface area contributed by atoms with Crippen LogP contribution in [-0.2, 0) is 26.3 Å². The molecule has 2 aromatic rings. The first-order chi connectivity index (χ1) is 8.90. The molecule has 0 atom stereocenters. The summed E-state index contributed by atoms with van der Waals surface area (Å²) in [5.41, 5.74) is -0.0662. The maximum atomic E-state index is 12.7. The Labute approximate surface area is 120 Å². The number of alkyl halides is 3. The van der Waals surface area contributed by atoms with Crippen LogP contribution >= 0.6 is 12.4 Å². The molecule has 9 heteroatoms. The summed E-state index contributed by atoms with van der Waals surface area (Å²) in [6, 6.07) is 0. The molecule has 112 valence electrons. The van der Waals surface area contributed by atoms with Gasteiger partial charge in [-0.1, -0.05) is 0 Å². The van der Waals surface area contributed by atoms with Gasteiger partial charge in [0, 0.05) is 38.1 Å². The first-order valence-corrected chi connectivity index (χ1v) is 5.76. The van der Waals surface area contributed by atoms with E-state index >= 15 is 0 Å². The van der Waals surface area contributed by atoms with Gasteiger partial charge in [0.25, 0.3) is 0 Å². The summed E-state index contributed by atoms with van der Waals surface area (Å²) in [7, 11) is 1.47. The van der Waals surface area contributed by atoms with E-state index in [9.17, 15) is 13.2 Å². The van der Waals surface area contributed by atoms with Crippen molar-refractivity contribution in [3.8, 4) is 0 Å². The van der Waals surface area contributed by atoms with Crippen LogP contribution in [0, 0.1) is 0 Å². The Kier molecular flexibility index (Phi) is 5.04. The van der Waals surface area contributed by atoms with Gasteiger partial charge < -0.3 is 5.32 Å². The Hall–Kier alpha value is -1.70. The van der Waals surface area contributed by atoms with Gasteiger partial charge in [0.1, 0.15) is 0 Å². The van der Waals surface area contributed by atoms with E-state index in [2.05, 4.69) is 15.5 Å². The van der Waals surface area contributed by atoms with Crippen molar-refractivity contribution in [1.82, 2.24) is 19.6 Å². The summed E-state index contributed by atoms with van der Waals surface area (Å²) in [6.07, 6.45) is 0.239. The molecule has 2 rings (SSSR count). The van der Waals surface area contributed by atoms with Gasteiger partial charge >= 0.3 is 6.18 Å². The van der Waals surface area contributed by atoms with Gasteiger partial charge in [0.05, 0.1) is 11.9 Å². The van der Waals surface area contributed by atoms with E-state index in [-0.39, 0.29) is 24.5 Å². The minimum atomic E-state index is -4.44. The van der Waals surface area contributed by atoms with Crippen LogP contribution < -0.4 is 5.32 Å². The highest BCUT2D eigenvalue weighted by Gasteiger charge is 2.36. The molecule has 0 saturated heterocycles. The maximum absolute atomic E-state index is 12.7. The van der Waals surface area contributed by atoms with Crippen LogP contribution in [0.2, 0.25) is 0 Å². The van der Waals surface area contributed by atoms with Gasteiger partial charge in [-0.15, -0.1) is 12.4 Å². The van der Waals surface area contributed by atoms with E-state index in [4.69, 9.17) is 0 Å². The molecule has 0 aromatic carbocycles. The number of hydrogen-bond donors (Lipinski definition) is 1. The van der Waals surface area contributed by atoms with Crippen molar-refractivity contribution in [3.63, 3.8) is 0 Å². The molecular weight excluding hydrogens is 295 g/mol. The van der Waals surface area contributed by atoms with Crippen LogP contribution in [0.15, 0.2) is 18.6 Å². The fourth-order valence-corrected chi connectivity index (χ4v) is 1.73. The third kappa shape index (κ3) is 3.66. The molecule has 0 fully saturated rings. The maximum Gasteiger partial charge on any atom is 0.435 e. The molecule has 0 bridgehead atoms. The lowest BCUT2D eigenvalue weighted by Gasteiger charge is -2.06. The summed E-state index contributed by atoms with van der Waals surface area (Å²) >= 11 is 0. The highest BCUT2D eigenvalue weighted by atomic mass is 35.5. The Balaban J connectivity index is 0.00000200. The van der Waals surface area contributed by atoms with Crippen molar-refractivity contribution in [3.05, 3.63) is 29.8 Å². The molecule has 1 N–H and O–H groups in total. The molecule has 0 amide bonds. The fourth-order valence-electron chi connectivity index (χ4n) is 1.73. The molecule has 0 aliphatic carbocycles. The van der Waals surface area contributed by atoms with Gasteiger partial charge in [0.15, 0.2) is 5.69 Å². The number of aromatic nitrogens is 4. The number of hydrogen-bond acceptors (Lipinski definition) is 3. The summed E-state index contributed by atoms with van der Waals surface area (Å²) in [5.74, 6) is 0. The second kappa shape index (κ2) is 6.17. The van der Waals surface area contributed by atoms with Gasteiger partial charge in [-0.25, -0.2) is 0 Å². The molecule has 0 saturated carbocycles. The summed E-state index contributed by atoms with van der Waals surface area (Å²) < 4.78 is 41.0. The van der Waals surface area contributed by atoms with Crippen molar-refractivity contribution < 1.29 is 13.2 Å². The van der Waals surface area contributed by atoms with Gasteiger partial charge in [-0.3, -0.25) is 9.36 Å². The van der Waals surface area contributed by atoms with E-state index in [0.717, 1.165) is 4.68 Å². The van der Waals surface area contributed by atoms with Crippen LogP contribution in [0.3, 0.4) is 0 Å². The number of rotatable bonds is 4. The van der Waals surface area contributed by atoms with Crippen molar-refractivity contribution in [2.45, 2.75) is 26.2 Å². The zero-order valence-corrected chi connectivity index (χ0v) is 11.8. The smallest absolute Gasteiger partial charge is 0.378 e. The molecule has 2 heterocycles. The normalized spacial score (nSPS) is 11.2. The third-order valence-electron chi connectivity index (χ3n) is 2.61. The van der Waals surface area contributed by atoms with E-state index < -0.39 is 11.9 Å². The molecule has 0 unspecified atom stereocenters. The average Bonchev–Trinajstić information content (AvgIpc) is 2.91. The standard InChI is InChI=1S/C11H14F3N5.ClH/c1-3-19-7-9(5-16-19)15-4-8-6-18(2)17-10(8)11(12,13)14;/h5-7,15H,3-4H2,1-2H3;1H. The number of nitrogens with one attached hydrogen (secondary N) is 1. The van der Waals surface area contributed by atoms with E-state index in [0.29, 0.717) is 12.2 Å². The van der Waals surface area contributed by atoms with Crippen molar-refractivity contribution in [1.29, 1.82) is 0 Å². The van der Waals surface area contributed by atoms with Gasteiger partial charge in [0.2, 0.25) is 0 Å². The largest absolute Gasteiger partial charge is 0.435 e. The lowest BCUT2D eigenvalue weighted by atomic mass is 10.2. The SMILES string of the molecule is CCn1cc(NCc2cn(C)nc2C(F)(F)F)cn1.Cl.